The number of H-pyrrole nitrogens is 2. The average Bonchev–Trinajstić information content (AvgIpc) is 3.78. The van der Waals surface area contributed by atoms with Gasteiger partial charge in [0.1, 0.15) is 17.4 Å². The molecule has 0 bridgehead atoms. The van der Waals surface area contributed by atoms with Crippen LogP contribution in [-0.2, 0) is 16.0 Å². The Kier molecular flexibility index (Phi) is 17.8. The minimum absolute atomic E-state index is 0. The quantitative estimate of drug-likeness (QED) is 0.0745. The van der Waals surface area contributed by atoms with Crippen molar-refractivity contribution in [1.82, 2.24) is 46.5 Å². The minimum atomic E-state index is -1.25. The van der Waals surface area contributed by atoms with Crippen LogP contribution in [0.5, 0.6) is 0 Å². The Morgan fingerprint density at radius 2 is 1.25 bits per heavy atom. The highest BCUT2D eigenvalue weighted by Gasteiger charge is 2.28. The van der Waals surface area contributed by atoms with Crippen LogP contribution in [0.2, 0.25) is 0 Å². The van der Waals surface area contributed by atoms with E-state index in [0.29, 0.717) is 24.3 Å². The monoisotopic (exact) mass is 758 g/mol. The minimum Gasteiger partial charge on any atom is -0.480 e. The Bertz CT molecular complexity index is 1680. The lowest BCUT2D eigenvalue weighted by molar-refractivity contribution is -0.139. The van der Waals surface area contributed by atoms with E-state index >= 15 is 0 Å². The number of benzene rings is 1. The number of halogens is 1. The molecule has 3 rings (SSSR count). The zero-order chi connectivity index (χ0) is 38.4. The van der Waals surface area contributed by atoms with E-state index in [0.717, 1.165) is 0 Å². The fraction of sp³-hybridized carbons (Fsp3) is 0.486. The predicted octanol–water partition coefficient (Wildman–Crippen LogP) is 1.21. The molecular formula is C35H51ClN10O7. The van der Waals surface area contributed by atoms with Crippen LogP contribution >= 0.6 is 12.4 Å². The fourth-order valence-corrected chi connectivity index (χ4v) is 5.48. The van der Waals surface area contributed by atoms with Gasteiger partial charge in [-0.2, -0.15) is 0 Å². The third-order valence-corrected chi connectivity index (χ3v) is 8.04. The topological polar surface area (TPSA) is 266 Å². The van der Waals surface area contributed by atoms with Gasteiger partial charge in [0.2, 0.25) is 0 Å². The third kappa shape index (κ3) is 13.7. The van der Waals surface area contributed by atoms with Crippen LogP contribution in [-0.4, -0.2) is 104 Å². The number of carboxylic acid groups (broad SMARTS) is 1. The molecule has 0 saturated heterocycles. The summed E-state index contributed by atoms with van der Waals surface area (Å²) >= 11 is 0. The van der Waals surface area contributed by atoms with E-state index in [2.05, 4.69) is 46.5 Å². The molecule has 18 heteroatoms. The molecule has 17 nitrogen and oxygen atoms in total. The Morgan fingerprint density at radius 1 is 0.736 bits per heavy atom. The summed E-state index contributed by atoms with van der Waals surface area (Å²) in [6.07, 6.45) is 3.59. The molecule has 0 radical (unpaired) electrons. The first-order valence-electron chi connectivity index (χ1n) is 17.2. The predicted molar refractivity (Wildman–Crippen MR) is 199 cm³/mol. The van der Waals surface area contributed by atoms with E-state index in [1.54, 1.807) is 30.3 Å². The highest BCUT2D eigenvalue weighted by atomic mass is 35.5. The Balaban J connectivity index is 0.00000972. The van der Waals surface area contributed by atoms with Crippen LogP contribution < -0.4 is 32.3 Å². The number of amides is 4. The SMILES string of the molecule is CC(C)C[C@@H](CN)NC(=O)c1nc[nH]c1C(=O)N[C@@H](C)C(=O)CNC[C@H](CC(C)C)NC(=O)c1nc[nH]c1C(=O)N[C@@H](Cc1ccccc1)C(=O)O.Cl. The van der Waals surface area contributed by atoms with Crippen LogP contribution in [0.25, 0.3) is 0 Å². The number of ketones is 1. The van der Waals surface area contributed by atoms with Gasteiger partial charge in [0, 0.05) is 31.6 Å². The van der Waals surface area contributed by atoms with Crippen molar-refractivity contribution in [3.8, 4) is 0 Å². The zero-order valence-electron chi connectivity index (χ0n) is 30.5. The summed E-state index contributed by atoms with van der Waals surface area (Å²) in [5.74, 6) is -3.87. The standard InChI is InChI=1S/C35H50N10O7.ClH/c1-19(2)11-23(14-36)43-32(48)28-27(38-17-39-28)31(47)42-21(5)26(46)16-37-15-24(12-20(3)4)44-33(49)29-30(41-18-40-29)34(50)45-25(35(51)52)13-22-9-7-6-8-10-22;/h6-10,17-21,23-25,37H,11-16,36H2,1-5H3,(H,38,39)(H,40,41)(H,42,47)(H,43,48)(H,44,49)(H,45,50)(H,51,52);1H/t21-,23-,24-,25-;/m0./s1. The van der Waals surface area contributed by atoms with Crippen molar-refractivity contribution in [3.05, 3.63) is 71.3 Å². The van der Waals surface area contributed by atoms with Crippen molar-refractivity contribution in [1.29, 1.82) is 0 Å². The molecule has 290 valence electrons. The van der Waals surface area contributed by atoms with Crippen molar-refractivity contribution in [2.75, 3.05) is 19.6 Å². The molecule has 0 spiro atoms. The molecule has 4 amide bonds. The van der Waals surface area contributed by atoms with Crippen LogP contribution in [0, 0.1) is 11.8 Å². The van der Waals surface area contributed by atoms with E-state index in [1.165, 1.54) is 19.6 Å². The van der Waals surface area contributed by atoms with Gasteiger partial charge in [-0.1, -0.05) is 58.0 Å². The number of rotatable bonds is 21. The Morgan fingerprint density at radius 3 is 1.75 bits per heavy atom. The van der Waals surface area contributed by atoms with Crippen LogP contribution in [0.4, 0.5) is 0 Å². The van der Waals surface area contributed by atoms with Crippen molar-refractivity contribution in [2.24, 2.45) is 17.6 Å². The van der Waals surface area contributed by atoms with Gasteiger partial charge in [-0.05, 0) is 37.2 Å². The fourth-order valence-electron chi connectivity index (χ4n) is 5.48. The zero-order valence-corrected chi connectivity index (χ0v) is 31.3. The van der Waals surface area contributed by atoms with Crippen molar-refractivity contribution in [3.63, 3.8) is 0 Å². The highest BCUT2D eigenvalue weighted by Crippen LogP contribution is 2.11. The van der Waals surface area contributed by atoms with Gasteiger partial charge in [-0.15, -0.1) is 12.4 Å². The summed E-state index contributed by atoms with van der Waals surface area (Å²) in [5, 5.41) is 23.4. The summed E-state index contributed by atoms with van der Waals surface area (Å²) in [6.45, 7) is 9.68. The molecular weight excluding hydrogens is 708 g/mol. The molecule has 2 heterocycles. The van der Waals surface area contributed by atoms with Gasteiger partial charge in [0.25, 0.3) is 23.6 Å². The van der Waals surface area contributed by atoms with Crippen LogP contribution in [0.1, 0.15) is 95.0 Å². The first-order chi connectivity index (χ1) is 24.7. The van der Waals surface area contributed by atoms with E-state index in [-0.39, 0.29) is 79.0 Å². The summed E-state index contributed by atoms with van der Waals surface area (Å²) < 4.78 is 0. The Labute approximate surface area is 314 Å². The first kappa shape index (κ1) is 44.0. The second-order valence-electron chi connectivity index (χ2n) is 13.4. The van der Waals surface area contributed by atoms with Gasteiger partial charge in [0.05, 0.1) is 25.2 Å². The number of aromatic amines is 2. The lowest BCUT2D eigenvalue weighted by atomic mass is 10.0. The molecule has 1 aromatic carbocycles. The molecule has 0 saturated carbocycles. The molecule has 0 unspecified atom stereocenters. The normalized spacial score (nSPS) is 13.3. The Hall–Kier alpha value is -5.13. The average molecular weight is 759 g/mol. The molecule has 53 heavy (non-hydrogen) atoms. The van der Waals surface area contributed by atoms with Gasteiger partial charge in [-0.3, -0.25) is 24.0 Å². The molecule has 3 aromatic rings. The maximum atomic E-state index is 13.3. The number of aromatic nitrogens is 4. The lowest BCUT2D eigenvalue weighted by Gasteiger charge is -2.22. The van der Waals surface area contributed by atoms with Crippen molar-refractivity contribution >= 4 is 47.8 Å². The first-order valence-corrected chi connectivity index (χ1v) is 17.2. The number of Topliss-reactive ketones (excluding diaryl/α,β-unsaturated/α-hetero) is 1. The van der Waals surface area contributed by atoms with E-state index in [9.17, 15) is 33.9 Å². The molecule has 0 aliphatic rings. The van der Waals surface area contributed by atoms with E-state index in [4.69, 9.17) is 5.73 Å². The van der Waals surface area contributed by atoms with Gasteiger partial charge >= 0.3 is 5.97 Å². The molecule has 10 N–H and O–H groups in total. The van der Waals surface area contributed by atoms with Crippen LogP contribution in [0.15, 0.2) is 43.0 Å². The van der Waals surface area contributed by atoms with E-state index < -0.39 is 47.7 Å². The number of nitrogens with one attached hydrogen (secondary N) is 7. The number of carbonyl (C=O) groups excluding carboxylic acids is 5. The molecule has 2 aromatic heterocycles. The maximum Gasteiger partial charge on any atom is 0.326 e. The van der Waals surface area contributed by atoms with Crippen molar-refractivity contribution in [2.45, 2.75) is 78.0 Å². The lowest BCUT2D eigenvalue weighted by Crippen LogP contribution is -2.47. The summed E-state index contributed by atoms with van der Waals surface area (Å²) in [6, 6.07) is 5.85. The smallest absolute Gasteiger partial charge is 0.326 e. The third-order valence-electron chi connectivity index (χ3n) is 8.04. The van der Waals surface area contributed by atoms with Gasteiger partial charge in [0.15, 0.2) is 17.2 Å². The van der Waals surface area contributed by atoms with E-state index in [1.807, 2.05) is 27.7 Å². The molecule has 0 fully saturated rings. The second kappa shape index (κ2) is 21.4. The molecule has 4 atom stereocenters. The summed E-state index contributed by atoms with van der Waals surface area (Å²) in [7, 11) is 0. The summed E-state index contributed by atoms with van der Waals surface area (Å²) in [4.78, 5) is 90.3. The molecule has 0 aliphatic carbocycles. The number of nitrogens with zero attached hydrogens (tertiary/aromatic N) is 2. The highest BCUT2D eigenvalue weighted by molar-refractivity contribution is 6.06. The molecule has 0 aliphatic heterocycles. The maximum absolute atomic E-state index is 13.3. The number of imidazole rings is 2. The number of hydrogen-bond donors (Lipinski definition) is 9. The number of hydrogen-bond acceptors (Lipinski definition) is 10. The number of carbonyl (C=O) groups is 6. The number of aliphatic carboxylic acids is 1. The number of nitrogens with two attached hydrogens (primary N) is 1. The van der Waals surface area contributed by atoms with Crippen LogP contribution in [0.3, 0.4) is 0 Å². The van der Waals surface area contributed by atoms with Gasteiger partial charge in [-0.25, -0.2) is 14.8 Å². The largest absolute Gasteiger partial charge is 0.480 e. The number of carboxylic acids is 1. The second-order valence-corrected chi connectivity index (χ2v) is 13.4. The van der Waals surface area contributed by atoms with Gasteiger partial charge < -0.3 is 47.4 Å². The van der Waals surface area contributed by atoms with Crippen molar-refractivity contribution < 1.29 is 33.9 Å². The summed E-state index contributed by atoms with van der Waals surface area (Å²) in [5.41, 5.74) is 5.88.